The minimum atomic E-state index is -3.73. The van der Waals surface area contributed by atoms with Crippen LogP contribution >= 0.6 is 11.6 Å². The van der Waals surface area contributed by atoms with Gasteiger partial charge in [0.25, 0.3) is 5.91 Å². The number of halogens is 1. The smallest absolute Gasteiger partial charge is 0.283 e. The molecule has 1 N–H and O–H groups in total. The largest absolute Gasteiger partial charge is 0.494 e. The van der Waals surface area contributed by atoms with Gasteiger partial charge in [0.15, 0.2) is 5.65 Å². The van der Waals surface area contributed by atoms with E-state index in [0.29, 0.717) is 47.3 Å². The average molecular weight is 493 g/mol. The lowest BCUT2D eigenvalue weighted by Crippen LogP contribution is -2.33. The van der Waals surface area contributed by atoms with Crippen molar-refractivity contribution in [2.45, 2.75) is 53.5 Å². The van der Waals surface area contributed by atoms with Crippen molar-refractivity contribution in [3.8, 4) is 5.75 Å². The highest BCUT2D eigenvalue weighted by Gasteiger charge is 2.20. The number of hydrogen-bond acceptors (Lipinski definition) is 6. The summed E-state index contributed by atoms with van der Waals surface area (Å²) >= 11 is 6.46. The summed E-state index contributed by atoms with van der Waals surface area (Å²) in [6.45, 7) is 8.49. The Balaban J connectivity index is 1.92. The van der Waals surface area contributed by atoms with Gasteiger partial charge in [-0.05, 0) is 56.5 Å². The zero-order valence-corrected chi connectivity index (χ0v) is 20.9. The predicted octanol–water partition coefficient (Wildman–Crippen LogP) is 4.40. The van der Waals surface area contributed by atoms with E-state index < -0.39 is 15.9 Å². The van der Waals surface area contributed by atoms with E-state index in [1.807, 2.05) is 44.4 Å². The summed E-state index contributed by atoms with van der Waals surface area (Å²) in [6, 6.07) is 7.04. The second kappa shape index (κ2) is 10.5. The van der Waals surface area contributed by atoms with E-state index in [0.717, 1.165) is 24.0 Å². The number of aromatic nitrogens is 3. The molecule has 0 aliphatic carbocycles. The summed E-state index contributed by atoms with van der Waals surface area (Å²) in [5, 5.41) is 0.547. The summed E-state index contributed by atoms with van der Waals surface area (Å²) < 4.78 is 34.0. The number of nitrogens with zero attached hydrogens (tertiary/aromatic N) is 3. The number of unbranched alkanes of at least 4 members (excludes halogenated alkanes) is 2. The van der Waals surface area contributed by atoms with Gasteiger partial charge < -0.3 is 9.30 Å². The summed E-state index contributed by atoms with van der Waals surface area (Å²) in [5.41, 5.74) is 2.74. The molecule has 0 spiro atoms. The minimum Gasteiger partial charge on any atom is -0.494 e. The van der Waals surface area contributed by atoms with Crippen LogP contribution in [0.1, 0.15) is 60.5 Å². The quantitative estimate of drug-likeness (QED) is 0.421. The molecule has 0 fully saturated rings. The van der Waals surface area contributed by atoms with E-state index in [1.54, 1.807) is 12.1 Å². The van der Waals surface area contributed by atoms with Crippen LogP contribution in [0.5, 0.6) is 5.75 Å². The van der Waals surface area contributed by atoms with E-state index in [9.17, 15) is 13.2 Å². The van der Waals surface area contributed by atoms with Gasteiger partial charge in [-0.15, -0.1) is 0 Å². The van der Waals surface area contributed by atoms with Crippen LogP contribution in [0.4, 0.5) is 0 Å². The Kier molecular flexibility index (Phi) is 7.97. The number of ether oxygens (including phenoxy) is 1. The van der Waals surface area contributed by atoms with Crippen LogP contribution in [-0.2, 0) is 16.6 Å². The van der Waals surface area contributed by atoms with Gasteiger partial charge in [-0.3, -0.25) is 4.79 Å². The van der Waals surface area contributed by atoms with Crippen molar-refractivity contribution in [3.05, 3.63) is 51.9 Å². The van der Waals surface area contributed by atoms with Crippen molar-refractivity contribution >= 4 is 38.7 Å². The van der Waals surface area contributed by atoms with Gasteiger partial charge in [-0.1, -0.05) is 37.4 Å². The molecule has 0 aliphatic rings. The molecule has 3 rings (SSSR count). The number of benzene rings is 1. The van der Waals surface area contributed by atoms with Crippen molar-refractivity contribution in [3.63, 3.8) is 0 Å². The summed E-state index contributed by atoms with van der Waals surface area (Å²) in [6.07, 6.45) is 2.17. The van der Waals surface area contributed by atoms with Crippen LogP contribution in [0.15, 0.2) is 24.3 Å². The number of fused-ring (bicyclic) bond motifs is 1. The molecule has 2 heterocycles. The molecule has 0 saturated carbocycles. The maximum Gasteiger partial charge on any atom is 0.283 e. The molecule has 8 nitrogen and oxygen atoms in total. The van der Waals surface area contributed by atoms with Crippen LogP contribution in [0.25, 0.3) is 11.2 Å². The number of pyridine rings is 1. The molecule has 2 aromatic heterocycles. The molecule has 0 saturated heterocycles. The number of aryl methyl sites for hydroxylation is 2. The first-order chi connectivity index (χ1) is 15.6. The van der Waals surface area contributed by atoms with E-state index in [2.05, 4.69) is 14.7 Å². The molecule has 0 unspecified atom stereocenters. The van der Waals surface area contributed by atoms with Crippen molar-refractivity contribution in [1.82, 2.24) is 19.3 Å². The Bertz CT molecular complexity index is 1270. The fourth-order valence-corrected chi connectivity index (χ4v) is 4.83. The number of carbonyl (C=O) groups is 1. The molecule has 178 valence electrons. The van der Waals surface area contributed by atoms with Gasteiger partial charge in [0.05, 0.1) is 18.9 Å². The van der Waals surface area contributed by atoms with E-state index in [1.165, 1.54) is 0 Å². The SMILES string of the molecule is CCCCCS(=O)(=O)NC(=O)c1cc(C)c2nc(C)n(Cc3ccc(OCC)cc3Cl)c2n1. The Morgan fingerprint density at radius 1 is 1.15 bits per heavy atom. The number of carbonyl (C=O) groups excluding carboxylic acids is 1. The number of amides is 1. The standard InChI is InChI=1S/C23H29ClN4O4S/c1-5-7-8-11-33(30,31)27-23(29)20-12-15(3)21-22(26-20)28(16(4)25-21)14-17-9-10-18(32-6-2)13-19(17)24/h9-10,12-13H,5-8,11,14H2,1-4H3,(H,27,29). The third kappa shape index (κ3) is 6.03. The maximum absolute atomic E-state index is 12.7. The molecule has 3 aromatic rings. The minimum absolute atomic E-state index is 0.0259. The van der Waals surface area contributed by atoms with Crippen LogP contribution < -0.4 is 9.46 Å². The molecule has 1 aromatic carbocycles. The summed E-state index contributed by atoms with van der Waals surface area (Å²) in [4.78, 5) is 21.8. The van der Waals surface area contributed by atoms with Gasteiger partial charge in [0.2, 0.25) is 10.0 Å². The van der Waals surface area contributed by atoms with Crippen molar-refractivity contribution in [2.75, 3.05) is 12.4 Å². The molecule has 1 amide bonds. The van der Waals surface area contributed by atoms with Crippen LogP contribution in [0.2, 0.25) is 5.02 Å². The topological polar surface area (TPSA) is 103 Å². The monoisotopic (exact) mass is 492 g/mol. The maximum atomic E-state index is 12.7. The highest BCUT2D eigenvalue weighted by molar-refractivity contribution is 7.90. The first-order valence-electron chi connectivity index (χ1n) is 11.0. The zero-order chi connectivity index (χ0) is 24.2. The van der Waals surface area contributed by atoms with Gasteiger partial charge >= 0.3 is 0 Å². The first kappa shape index (κ1) is 25.0. The van der Waals surface area contributed by atoms with Gasteiger partial charge in [0.1, 0.15) is 22.8 Å². The zero-order valence-electron chi connectivity index (χ0n) is 19.3. The average Bonchev–Trinajstić information content (AvgIpc) is 3.06. The van der Waals surface area contributed by atoms with Gasteiger partial charge in [-0.25, -0.2) is 23.1 Å². The van der Waals surface area contributed by atoms with Crippen LogP contribution in [0, 0.1) is 13.8 Å². The Labute approximate surface area is 199 Å². The van der Waals surface area contributed by atoms with Crippen molar-refractivity contribution < 1.29 is 17.9 Å². The van der Waals surface area contributed by atoms with E-state index >= 15 is 0 Å². The first-order valence-corrected chi connectivity index (χ1v) is 13.0. The van der Waals surface area contributed by atoms with Crippen molar-refractivity contribution in [2.24, 2.45) is 0 Å². The third-order valence-corrected chi connectivity index (χ3v) is 6.92. The Morgan fingerprint density at radius 3 is 2.58 bits per heavy atom. The molecule has 10 heteroatoms. The highest BCUT2D eigenvalue weighted by atomic mass is 35.5. The lowest BCUT2D eigenvalue weighted by atomic mass is 10.2. The Morgan fingerprint density at radius 2 is 1.91 bits per heavy atom. The molecule has 0 aliphatic heterocycles. The van der Waals surface area contributed by atoms with E-state index in [-0.39, 0.29) is 11.4 Å². The molecule has 0 atom stereocenters. The van der Waals surface area contributed by atoms with Gasteiger partial charge in [-0.2, -0.15) is 0 Å². The lowest BCUT2D eigenvalue weighted by molar-refractivity contribution is 0.0976. The number of sulfonamides is 1. The van der Waals surface area contributed by atoms with Crippen LogP contribution in [0.3, 0.4) is 0 Å². The predicted molar refractivity (Wildman–Crippen MR) is 130 cm³/mol. The highest BCUT2D eigenvalue weighted by Crippen LogP contribution is 2.26. The summed E-state index contributed by atoms with van der Waals surface area (Å²) in [5.74, 6) is 0.545. The number of nitrogens with one attached hydrogen (secondary N) is 1. The van der Waals surface area contributed by atoms with Crippen molar-refractivity contribution in [1.29, 1.82) is 0 Å². The van der Waals surface area contributed by atoms with E-state index in [4.69, 9.17) is 16.3 Å². The number of rotatable bonds is 10. The number of imidazole rings is 1. The third-order valence-electron chi connectivity index (χ3n) is 5.25. The molecular weight excluding hydrogens is 464 g/mol. The molecule has 33 heavy (non-hydrogen) atoms. The fourth-order valence-electron chi connectivity index (χ4n) is 3.53. The molecular formula is C23H29ClN4O4S. The van der Waals surface area contributed by atoms with Gasteiger partial charge in [0, 0.05) is 5.02 Å². The summed E-state index contributed by atoms with van der Waals surface area (Å²) in [7, 11) is -3.73. The molecule has 0 radical (unpaired) electrons. The Hall–Kier alpha value is -2.65. The second-order valence-corrected chi connectivity index (χ2v) is 10.1. The second-order valence-electron chi connectivity index (χ2n) is 7.89. The number of hydrogen-bond donors (Lipinski definition) is 1. The van der Waals surface area contributed by atoms with Crippen LogP contribution in [-0.4, -0.2) is 41.2 Å². The molecule has 0 bridgehead atoms. The lowest BCUT2D eigenvalue weighted by Gasteiger charge is -2.11. The fraction of sp³-hybridized carbons (Fsp3) is 0.435. The normalized spacial score (nSPS) is 11.7.